The first kappa shape index (κ1) is 18.9. The lowest BCUT2D eigenvalue weighted by Crippen LogP contribution is -2.38. The monoisotopic (exact) mass is 354 g/mol. The van der Waals surface area contributed by atoms with Crippen LogP contribution in [0.3, 0.4) is 0 Å². The van der Waals surface area contributed by atoms with Gasteiger partial charge in [-0.3, -0.25) is 4.79 Å². The molecule has 1 heterocycles. The quantitative estimate of drug-likeness (QED) is 0.818. The van der Waals surface area contributed by atoms with Gasteiger partial charge >= 0.3 is 0 Å². The molecule has 1 aliphatic carbocycles. The smallest absolute Gasteiger partial charge is 0.237 e. The second kappa shape index (κ2) is 8.58. The van der Waals surface area contributed by atoms with Gasteiger partial charge in [-0.15, -0.1) is 12.4 Å². The van der Waals surface area contributed by atoms with Gasteiger partial charge < -0.3 is 19.7 Å². The number of rotatable bonds is 7. The molecule has 0 spiro atoms. The first-order chi connectivity index (χ1) is 11.2. The molecule has 1 amide bonds. The Balaban J connectivity index is 0.00000208. The molecule has 1 N–H and O–H groups in total. The third kappa shape index (κ3) is 4.33. The Morgan fingerprint density at radius 2 is 1.96 bits per heavy atom. The molecule has 1 saturated carbocycles. The van der Waals surface area contributed by atoms with Crippen molar-refractivity contribution < 1.29 is 14.3 Å². The summed E-state index contributed by atoms with van der Waals surface area (Å²) in [7, 11) is 3.27. The van der Waals surface area contributed by atoms with Crippen LogP contribution in [-0.4, -0.2) is 44.7 Å². The molecule has 1 aliphatic heterocycles. The molecular weight excluding hydrogens is 328 g/mol. The Bertz CT molecular complexity index is 563. The summed E-state index contributed by atoms with van der Waals surface area (Å²) in [5, 5.41) is 3.30. The van der Waals surface area contributed by atoms with Gasteiger partial charge in [0.25, 0.3) is 0 Å². The van der Waals surface area contributed by atoms with E-state index in [0.29, 0.717) is 6.54 Å². The lowest BCUT2D eigenvalue weighted by molar-refractivity contribution is -0.131. The second-order valence-corrected chi connectivity index (χ2v) is 6.43. The summed E-state index contributed by atoms with van der Waals surface area (Å²) >= 11 is 0. The van der Waals surface area contributed by atoms with E-state index < -0.39 is 0 Å². The van der Waals surface area contributed by atoms with Crippen molar-refractivity contribution in [2.45, 2.75) is 31.7 Å². The SMILES string of the molecule is COc1ccc(C2CCCN2C(=O)CNCC2CC2)cc1OC.Cl. The summed E-state index contributed by atoms with van der Waals surface area (Å²) in [5.74, 6) is 2.43. The Labute approximate surface area is 150 Å². The summed E-state index contributed by atoms with van der Waals surface area (Å²) in [6, 6.07) is 6.09. The largest absolute Gasteiger partial charge is 0.493 e. The van der Waals surface area contributed by atoms with E-state index in [4.69, 9.17) is 9.47 Å². The molecule has 0 bridgehead atoms. The first-order valence-corrected chi connectivity index (χ1v) is 8.45. The Kier molecular flexibility index (Phi) is 6.75. The Morgan fingerprint density at radius 3 is 2.62 bits per heavy atom. The fourth-order valence-corrected chi connectivity index (χ4v) is 3.28. The number of likely N-dealkylation sites (tertiary alicyclic amines) is 1. The van der Waals surface area contributed by atoms with Gasteiger partial charge in [-0.1, -0.05) is 6.07 Å². The zero-order valence-electron chi connectivity index (χ0n) is 14.4. The van der Waals surface area contributed by atoms with Crippen LogP contribution in [0.15, 0.2) is 18.2 Å². The predicted octanol–water partition coefficient (Wildman–Crippen LogP) is 2.79. The van der Waals surface area contributed by atoms with Gasteiger partial charge in [0.15, 0.2) is 11.5 Å². The highest BCUT2D eigenvalue weighted by Crippen LogP contribution is 2.36. The van der Waals surface area contributed by atoms with Crippen molar-refractivity contribution >= 4 is 18.3 Å². The van der Waals surface area contributed by atoms with Crippen LogP contribution in [0.2, 0.25) is 0 Å². The van der Waals surface area contributed by atoms with Crippen molar-refractivity contribution in [2.75, 3.05) is 33.9 Å². The summed E-state index contributed by atoms with van der Waals surface area (Å²) in [6.07, 6.45) is 4.66. The molecule has 1 saturated heterocycles. The number of nitrogens with one attached hydrogen (secondary N) is 1. The van der Waals surface area contributed by atoms with Crippen molar-refractivity contribution in [3.63, 3.8) is 0 Å². The summed E-state index contributed by atoms with van der Waals surface area (Å²) in [4.78, 5) is 14.5. The van der Waals surface area contributed by atoms with Crippen LogP contribution in [0.1, 0.15) is 37.3 Å². The van der Waals surface area contributed by atoms with Crippen molar-refractivity contribution in [3.8, 4) is 11.5 Å². The van der Waals surface area contributed by atoms with Gasteiger partial charge in [-0.2, -0.15) is 0 Å². The van der Waals surface area contributed by atoms with E-state index in [0.717, 1.165) is 48.9 Å². The van der Waals surface area contributed by atoms with Crippen LogP contribution < -0.4 is 14.8 Å². The van der Waals surface area contributed by atoms with E-state index in [-0.39, 0.29) is 24.4 Å². The van der Waals surface area contributed by atoms with Gasteiger partial charge in [0.05, 0.1) is 26.8 Å². The average molecular weight is 355 g/mol. The molecule has 24 heavy (non-hydrogen) atoms. The normalized spacial score (nSPS) is 19.8. The van der Waals surface area contributed by atoms with Crippen LogP contribution in [0.4, 0.5) is 0 Å². The van der Waals surface area contributed by atoms with E-state index in [1.807, 2.05) is 23.1 Å². The maximum absolute atomic E-state index is 12.5. The fourth-order valence-electron chi connectivity index (χ4n) is 3.28. The molecule has 6 heteroatoms. The first-order valence-electron chi connectivity index (χ1n) is 8.45. The summed E-state index contributed by atoms with van der Waals surface area (Å²) in [6.45, 7) is 2.25. The highest BCUT2D eigenvalue weighted by atomic mass is 35.5. The topological polar surface area (TPSA) is 50.8 Å². The maximum Gasteiger partial charge on any atom is 0.237 e. The number of carbonyl (C=O) groups is 1. The molecule has 1 aromatic carbocycles. The highest BCUT2D eigenvalue weighted by molar-refractivity contribution is 5.85. The van der Waals surface area contributed by atoms with E-state index in [9.17, 15) is 4.79 Å². The molecule has 5 nitrogen and oxygen atoms in total. The number of ether oxygens (including phenoxy) is 2. The highest BCUT2D eigenvalue weighted by Gasteiger charge is 2.30. The third-order valence-corrected chi connectivity index (χ3v) is 4.77. The molecular formula is C18H27ClN2O3. The zero-order valence-corrected chi connectivity index (χ0v) is 15.2. The standard InChI is InChI=1S/C18H26N2O3.ClH/c1-22-16-8-7-14(10-17(16)23-2)15-4-3-9-20(15)18(21)12-19-11-13-5-6-13;/h7-8,10,13,15,19H,3-6,9,11-12H2,1-2H3;1H. The summed E-state index contributed by atoms with van der Waals surface area (Å²) < 4.78 is 10.7. The molecule has 2 aliphatic rings. The van der Waals surface area contributed by atoms with E-state index in [2.05, 4.69) is 5.32 Å². The molecule has 1 unspecified atom stereocenters. The van der Waals surface area contributed by atoms with Crippen LogP contribution in [-0.2, 0) is 4.79 Å². The third-order valence-electron chi connectivity index (χ3n) is 4.77. The minimum Gasteiger partial charge on any atom is -0.493 e. The molecule has 0 aromatic heterocycles. The van der Waals surface area contributed by atoms with E-state index >= 15 is 0 Å². The lowest BCUT2D eigenvalue weighted by Gasteiger charge is -2.26. The molecule has 3 rings (SSSR count). The summed E-state index contributed by atoms with van der Waals surface area (Å²) in [5.41, 5.74) is 1.12. The number of hydrogen-bond acceptors (Lipinski definition) is 4. The van der Waals surface area contributed by atoms with Crippen LogP contribution in [0.25, 0.3) is 0 Å². The van der Waals surface area contributed by atoms with Gasteiger partial charge in [0, 0.05) is 6.54 Å². The van der Waals surface area contributed by atoms with Crippen molar-refractivity contribution in [3.05, 3.63) is 23.8 Å². The van der Waals surface area contributed by atoms with Crippen molar-refractivity contribution in [1.82, 2.24) is 10.2 Å². The number of amides is 1. The fraction of sp³-hybridized carbons (Fsp3) is 0.611. The van der Waals surface area contributed by atoms with Crippen LogP contribution >= 0.6 is 12.4 Å². The van der Waals surface area contributed by atoms with E-state index in [1.165, 1.54) is 12.8 Å². The molecule has 1 aromatic rings. The number of halogens is 1. The Hall–Kier alpha value is -1.46. The number of methoxy groups -OCH3 is 2. The lowest BCUT2D eigenvalue weighted by atomic mass is 10.0. The van der Waals surface area contributed by atoms with Gasteiger partial charge in [-0.25, -0.2) is 0 Å². The van der Waals surface area contributed by atoms with Gasteiger partial charge in [0.1, 0.15) is 0 Å². The minimum absolute atomic E-state index is 0. The number of benzene rings is 1. The van der Waals surface area contributed by atoms with Crippen molar-refractivity contribution in [2.24, 2.45) is 5.92 Å². The maximum atomic E-state index is 12.5. The van der Waals surface area contributed by atoms with Crippen molar-refractivity contribution in [1.29, 1.82) is 0 Å². The minimum atomic E-state index is 0. The molecule has 2 fully saturated rings. The van der Waals surface area contributed by atoms with Gasteiger partial charge in [0.2, 0.25) is 5.91 Å². The Morgan fingerprint density at radius 1 is 1.21 bits per heavy atom. The van der Waals surface area contributed by atoms with Crippen LogP contribution in [0, 0.1) is 5.92 Å². The van der Waals surface area contributed by atoms with Crippen LogP contribution in [0.5, 0.6) is 11.5 Å². The second-order valence-electron chi connectivity index (χ2n) is 6.43. The number of hydrogen-bond donors (Lipinski definition) is 1. The van der Waals surface area contributed by atoms with Gasteiger partial charge in [-0.05, 0) is 55.8 Å². The average Bonchev–Trinajstić information content (AvgIpc) is 3.27. The molecule has 0 radical (unpaired) electrons. The molecule has 134 valence electrons. The predicted molar refractivity (Wildman–Crippen MR) is 96.1 cm³/mol. The molecule has 1 atom stereocenters. The van der Waals surface area contributed by atoms with E-state index in [1.54, 1.807) is 14.2 Å². The zero-order chi connectivity index (χ0) is 16.2. The number of nitrogens with zero attached hydrogens (tertiary/aromatic N) is 1. The number of carbonyl (C=O) groups excluding carboxylic acids is 1.